The summed E-state index contributed by atoms with van der Waals surface area (Å²) in [5.41, 5.74) is 2.68. The Hall–Kier alpha value is -2.24. The van der Waals surface area contributed by atoms with Crippen LogP contribution in [0.3, 0.4) is 0 Å². The molecule has 1 aromatic carbocycles. The van der Waals surface area contributed by atoms with Gasteiger partial charge in [-0.25, -0.2) is 0 Å². The van der Waals surface area contributed by atoms with Crippen molar-refractivity contribution in [1.29, 1.82) is 0 Å². The van der Waals surface area contributed by atoms with Crippen LogP contribution in [0, 0.1) is 0 Å². The zero-order valence-corrected chi connectivity index (χ0v) is 14.7. The maximum Gasteiger partial charge on any atom is 0.172 e. The Balaban J connectivity index is 1.42. The third-order valence-electron chi connectivity index (χ3n) is 5.00. The van der Waals surface area contributed by atoms with Crippen molar-refractivity contribution < 1.29 is 9.47 Å². The zero-order valence-electron chi connectivity index (χ0n) is 13.9. The fourth-order valence-corrected chi connectivity index (χ4v) is 4.53. The molecule has 2 aliphatic heterocycles. The topological polar surface area (TPSA) is 26.6 Å². The molecule has 2 aromatic heterocycles. The standard InChI is InChI=1S/C20H20N2O2S/c1-2-5-15(6-3-1)20-17-7-4-8-21(17)9-10-22(20)11-16-12-23-18-13-25-14-19(18)24-16/h1-8,13-14,16,20H,9-12H2. The van der Waals surface area contributed by atoms with Crippen LogP contribution in [0.25, 0.3) is 0 Å². The van der Waals surface area contributed by atoms with Gasteiger partial charge in [-0.15, -0.1) is 11.3 Å². The molecule has 0 saturated heterocycles. The van der Waals surface area contributed by atoms with Gasteiger partial charge in [0, 0.05) is 42.3 Å². The highest BCUT2D eigenvalue weighted by molar-refractivity contribution is 7.08. The van der Waals surface area contributed by atoms with E-state index < -0.39 is 0 Å². The minimum Gasteiger partial charge on any atom is -0.485 e. The first-order valence-corrected chi connectivity index (χ1v) is 9.62. The van der Waals surface area contributed by atoms with Gasteiger partial charge in [-0.1, -0.05) is 30.3 Å². The molecular weight excluding hydrogens is 332 g/mol. The lowest BCUT2D eigenvalue weighted by molar-refractivity contribution is 0.0436. The van der Waals surface area contributed by atoms with Crippen molar-refractivity contribution in [2.45, 2.75) is 18.7 Å². The third-order valence-corrected chi connectivity index (χ3v) is 5.70. The summed E-state index contributed by atoms with van der Waals surface area (Å²) >= 11 is 1.63. The first-order valence-electron chi connectivity index (χ1n) is 8.68. The molecule has 4 nitrogen and oxygen atoms in total. The summed E-state index contributed by atoms with van der Waals surface area (Å²) in [4.78, 5) is 2.52. The molecule has 4 heterocycles. The lowest BCUT2D eigenvalue weighted by Crippen LogP contribution is -2.46. The molecule has 0 fully saturated rings. The summed E-state index contributed by atoms with van der Waals surface area (Å²) in [6.45, 7) is 3.50. The van der Waals surface area contributed by atoms with Crippen LogP contribution in [0.15, 0.2) is 59.4 Å². The summed E-state index contributed by atoms with van der Waals surface area (Å²) in [6.07, 6.45) is 2.25. The van der Waals surface area contributed by atoms with E-state index >= 15 is 0 Å². The Labute approximate surface area is 151 Å². The molecule has 0 spiro atoms. The van der Waals surface area contributed by atoms with E-state index in [1.54, 1.807) is 11.3 Å². The van der Waals surface area contributed by atoms with Gasteiger partial charge in [-0.05, 0) is 17.7 Å². The highest BCUT2D eigenvalue weighted by Crippen LogP contribution is 2.37. The average molecular weight is 352 g/mol. The fraction of sp³-hybridized carbons (Fsp3) is 0.300. The van der Waals surface area contributed by atoms with Crippen molar-refractivity contribution in [2.24, 2.45) is 0 Å². The van der Waals surface area contributed by atoms with Gasteiger partial charge in [0.05, 0.1) is 6.04 Å². The molecule has 5 rings (SSSR count). The molecule has 0 aliphatic carbocycles. The Morgan fingerprint density at radius 1 is 1.00 bits per heavy atom. The SMILES string of the molecule is c1ccc(C2c3cccn3CCN2CC2COc3cscc3O2)cc1. The largest absolute Gasteiger partial charge is 0.485 e. The van der Waals surface area contributed by atoms with Crippen molar-refractivity contribution in [3.63, 3.8) is 0 Å². The summed E-state index contributed by atoms with van der Waals surface area (Å²) in [7, 11) is 0. The minimum atomic E-state index is 0.0647. The van der Waals surface area contributed by atoms with E-state index in [1.165, 1.54) is 11.3 Å². The van der Waals surface area contributed by atoms with E-state index in [9.17, 15) is 0 Å². The van der Waals surface area contributed by atoms with Crippen LogP contribution in [0.1, 0.15) is 17.3 Å². The van der Waals surface area contributed by atoms with Crippen molar-refractivity contribution in [1.82, 2.24) is 9.47 Å². The summed E-state index contributed by atoms with van der Waals surface area (Å²) < 4.78 is 14.4. The lowest BCUT2D eigenvalue weighted by atomic mass is 9.99. The molecule has 128 valence electrons. The fourth-order valence-electron chi connectivity index (χ4n) is 3.86. The molecule has 5 heteroatoms. The number of benzene rings is 1. The highest BCUT2D eigenvalue weighted by atomic mass is 32.1. The molecule has 2 unspecified atom stereocenters. The van der Waals surface area contributed by atoms with Crippen LogP contribution >= 0.6 is 11.3 Å². The van der Waals surface area contributed by atoms with Gasteiger partial charge in [-0.2, -0.15) is 0 Å². The van der Waals surface area contributed by atoms with Gasteiger partial charge >= 0.3 is 0 Å². The quantitative estimate of drug-likeness (QED) is 0.717. The summed E-state index contributed by atoms with van der Waals surface area (Å²) in [5, 5.41) is 4.03. The van der Waals surface area contributed by atoms with Gasteiger partial charge in [0.15, 0.2) is 11.5 Å². The van der Waals surface area contributed by atoms with Gasteiger partial charge in [0.2, 0.25) is 0 Å². The number of thiophene rings is 1. The van der Waals surface area contributed by atoms with Crippen molar-refractivity contribution in [2.75, 3.05) is 19.7 Å². The van der Waals surface area contributed by atoms with Crippen LogP contribution in [0.2, 0.25) is 0 Å². The molecule has 2 atom stereocenters. The number of hydrogen-bond acceptors (Lipinski definition) is 4. The second kappa shape index (κ2) is 6.24. The predicted octanol–water partition coefficient (Wildman–Crippen LogP) is 3.79. The van der Waals surface area contributed by atoms with Crippen LogP contribution < -0.4 is 9.47 Å². The Morgan fingerprint density at radius 2 is 1.88 bits per heavy atom. The molecule has 0 amide bonds. The predicted molar refractivity (Wildman–Crippen MR) is 98.5 cm³/mol. The van der Waals surface area contributed by atoms with E-state index in [-0.39, 0.29) is 12.1 Å². The van der Waals surface area contributed by atoms with E-state index in [0.29, 0.717) is 6.61 Å². The number of rotatable bonds is 3. The highest BCUT2D eigenvalue weighted by Gasteiger charge is 2.32. The Kier molecular flexibility index (Phi) is 3.76. The van der Waals surface area contributed by atoms with Gasteiger partial charge in [-0.3, -0.25) is 4.90 Å². The first kappa shape index (κ1) is 15.0. The monoisotopic (exact) mass is 352 g/mol. The van der Waals surface area contributed by atoms with Crippen molar-refractivity contribution >= 4 is 11.3 Å². The summed E-state index contributed by atoms with van der Waals surface area (Å²) in [6, 6.07) is 15.4. The number of hydrogen-bond donors (Lipinski definition) is 0. The normalized spacial score (nSPS) is 22.6. The Morgan fingerprint density at radius 3 is 2.80 bits per heavy atom. The molecule has 25 heavy (non-hydrogen) atoms. The van der Waals surface area contributed by atoms with Gasteiger partial charge < -0.3 is 14.0 Å². The van der Waals surface area contributed by atoms with Crippen LogP contribution in [0.4, 0.5) is 0 Å². The Bertz CT molecular complexity index is 857. The van der Waals surface area contributed by atoms with Gasteiger partial charge in [0.1, 0.15) is 12.7 Å². The molecule has 0 radical (unpaired) electrons. The summed E-state index contributed by atoms with van der Waals surface area (Å²) in [5.74, 6) is 1.77. The van der Waals surface area contributed by atoms with E-state index in [2.05, 4.69) is 58.1 Å². The van der Waals surface area contributed by atoms with Crippen molar-refractivity contribution in [3.05, 3.63) is 70.7 Å². The van der Waals surface area contributed by atoms with Crippen molar-refractivity contribution in [3.8, 4) is 11.5 Å². The van der Waals surface area contributed by atoms with E-state index in [4.69, 9.17) is 9.47 Å². The lowest BCUT2D eigenvalue weighted by Gasteiger charge is -2.39. The minimum absolute atomic E-state index is 0.0647. The average Bonchev–Trinajstić information content (AvgIpc) is 3.30. The number of nitrogens with zero attached hydrogens (tertiary/aromatic N) is 2. The smallest absolute Gasteiger partial charge is 0.172 e. The molecule has 2 aliphatic rings. The van der Waals surface area contributed by atoms with Gasteiger partial charge in [0.25, 0.3) is 0 Å². The second-order valence-electron chi connectivity index (χ2n) is 6.59. The second-order valence-corrected chi connectivity index (χ2v) is 7.33. The van der Waals surface area contributed by atoms with E-state index in [1.807, 2.05) is 10.8 Å². The number of aromatic nitrogens is 1. The van der Waals surface area contributed by atoms with E-state index in [0.717, 1.165) is 31.1 Å². The number of fused-ring (bicyclic) bond motifs is 2. The molecular formula is C20H20N2O2S. The molecule has 0 saturated carbocycles. The third kappa shape index (κ3) is 2.73. The first-order chi connectivity index (χ1) is 12.4. The number of ether oxygens (including phenoxy) is 2. The molecule has 0 bridgehead atoms. The zero-order chi connectivity index (χ0) is 16.6. The maximum atomic E-state index is 6.17. The van der Waals surface area contributed by atoms with Crippen LogP contribution in [-0.2, 0) is 6.54 Å². The molecule has 3 aromatic rings. The van der Waals surface area contributed by atoms with Crippen LogP contribution in [0.5, 0.6) is 11.5 Å². The van der Waals surface area contributed by atoms with Crippen LogP contribution in [-0.4, -0.2) is 35.3 Å². The molecule has 0 N–H and O–H groups in total. The maximum absolute atomic E-state index is 6.17.